The molecule has 7 nitrogen and oxygen atoms in total. The Labute approximate surface area is 155 Å². The highest BCUT2D eigenvalue weighted by Crippen LogP contribution is 2.26. The molecular formula is C18H18ClN3O4. The first-order chi connectivity index (χ1) is 12.5. The molecule has 0 aliphatic heterocycles. The minimum Gasteiger partial charge on any atom is -0.504 e. The van der Waals surface area contributed by atoms with E-state index in [1.165, 1.54) is 12.3 Å². The number of halogens is 1. The first kappa shape index (κ1) is 19.3. The zero-order valence-electron chi connectivity index (χ0n) is 14.0. The van der Waals surface area contributed by atoms with Crippen molar-refractivity contribution in [3.63, 3.8) is 0 Å². The lowest BCUT2D eigenvalue weighted by molar-refractivity contribution is -0.120. The van der Waals surface area contributed by atoms with Gasteiger partial charge in [-0.05, 0) is 42.8 Å². The number of hydrogen-bond donors (Lipinski definition) is 3. The third-order valence-electron chi connectivity index (χ3n) is 3.21. The second-order valence-corrected chi connectivity index (χ2v) is 5.52. The van der Waals surface area contributed by atoms with E-state index in [0.29, 0.717) is 22.9 Å². The third kappa shape index (κ3) is 5.49. The van der Waals surface area contributed by atoms with Gasteiger partial charge in [0.2, 0.25) is 0 Å². The predicted octanol–water partition coefficient (Wildman–Crippen LogP) is 2.32. The Hall–Kier alpha value is -3.06. The molecule has 2 aromatic carbocycles. The molecule has 0 aliphatic rings. The van der Waals surface area contributed by atoms with Crippen LogP contribution >= 0.6 is 11.6 Å². The van der Waals surface area contributed by atoms with Gasteiger partial charge < -0.3 is 15.2 Å². The Balaban J connectivity index is 1.85. The fourth-order valence-electron chi connectivity index (χ4n) is 2.00. The summed E-state index contributed by atoms with van der Waals surface area (Å²) in [5, 5.41) is 16.2. The highest BCUT2D eigenvalue weighted by atomic mass is 35.5. The number of aromatic hydroxyl groups is 1. The normalized spacial score (nSPS) is 10.5. The second kappa shape index (κ2) is 9.43. The molecule has 2 amide bonds. The van der Waals surface area contributed by atoms with E-state index in [2.05, 4.69) is 15.8 Å². The van der Waals surface area contributed by atoms with Crippen molar-refractivity contribution >= 4 is 29.6 Å². The van der Waals surface area contributed by atoms with Crippen LogP contribution in [0.25, 0.3) is 0 Å². The quantitative estimate of drug-likeness (QED) is 0.510. The SMILES string of the molecule is CCOc1cc(/C=N\NC(=O)CNC(=O)c2ccccc2Cl)ccc1O. The molecule has 0 saturated carbocycles. The number of phenols is 1. The predicted molar refractivity (Wildman–Crippen MR) is 98.8 cm³/mol. The van der Waals surface area contributed by atoms with E-state index in [9.17, 15) is 14.7 Å². The molecule has 2 rings (SSSR count). The number of rotatable bonds is 7. The molecule has 0 saturated heterocycles. The Morgan fingerprint density at radius 3 is 2.77 bits per heavy atom. The first-order valence-electron chi connectivity index (χ1n) is 7.81. The molecule has 0 spiro atoms. The van der Waals surface area contributed by atoms with Crippen molar-refractivity contribution in [2.75, 3.05) is 13.2 Å². The van der Waals surface area contributed by atoms with E-state index in [4.69, 9.17) is 16.3 Å². The lowest BCUT2D eigenvalue weighted by atomic mass is 10.2. The summed E-state index contributed by atoms with van der Waals surface area (Å²) in [6.07, 6.45) is 1.40. The van der Waals surface area contributed by atoms with E-state index in [1.54, 1.807) is 43.3 Å². The van der Waals surface area contributed by atoms with Crippen molar-refractivity contribution in [3.05, 3.63) is 58.6 Å². The van der Waals surface area contributed by atoms with Crippen LogP contribution in [0.15, 0.2) is 47.6 Å². The van der Waals surface area contributed by atoms with Crippen LogP contribution in [0, 0.1) is 0 Å². The second-order valence-electron chi connectivity index (χ2n) is 5.12. The topological polar surface area (TPSA) is 100 Å². The molecule has 0 radical (unpaired) electrons. The zero-order chi connectivity index (χ0) is 18.9. The van der Waals surface area contributed by atoms with E-state index in [0.717, 1.165) is 0 Å². The zero-order valence-corrected chi connectivity index (χ0v) is 14.8. The molecule has 2 aromatic rings. The molecule has 26 heavy (non-hydrogen) atoms. The van der Waals surface area contributed by atoms with E-state index < -0.39 is 11.8 Å². The first-order valence-corrected chi connectivity index (χ1v) is 8.19. The summed E-state index contributed by atoms with van der Waals surface area (Å²) in [5.74, 6) is -0.592. The molecule has 0 atom stereocenters. The van der Waals surface area contributed by atoms with Crippen molar-refractivity contribution in [2.24, 2.45) is 5.10 Å². The fourth-order valence-corrected chi connectivity index (χ4v) is 2.22. The average Bonchev–Trinajstić information content (AvgIpc) is 2.63. The van der Waals surface area contributed by atoms with Gasteiger partial charge in [0.05, 0.1) is 30.0 Å². The van der Waals surface area contributed by atoms with E-state index in [1.807, 2.05) is 0 Å². The number of phenolic OH excluding ortho intramolecular Hbond substituents is 1. The molecule has 3 N–H and O–H groups in total. The molecule has 0 aromatic heterocycles. The van der Waals surface area contributed by atoms with Crippen LogP contribution < -0.4 is 15.5 Å². The molecular weight excluding hydrogens is 358 g/mol. The number of amides is 2. The van der Waals surface area contributed by atoms with E-state index >= 15 is 0 Å². The summed E-state index contributed by atoms with van der Waals surface area (Å²) in [5.41, 5.74) is 3.22. The molecule has 0 aliphatic carbocycles. The molecule has 0 heterocycles. The van der Waals surface area contributed by atoms with Crippen LogP contribution in [-0.2, 0) is 4.79 Å². The molecule has 136 valence electrons. The average molecular weight is 376 g/mol. The van der Waals surface area contributed by atoms with E-state index in [-0.39, 0.29) is 17.9 Å². The Morgan fingerprint density at radius 1 is 1.27 bits per heavy atom. The van der Waals surface area contributed by atoms with Gasteiger partial charge in [-0.3, -0.25) is 9.59 Å². The number of ether oxygens (including phenoxy) is 1. The Kier molecular flexibility index (Phi) is 6.99. The number of nitrogens with one attached hydrogen (secondary N) is 2. The summed E-state index contributed by atoms with van der Waals surface area (Å²) in [4.78, 5) is 23.7. The standard InChI is InChI=1S/C18H18ClN3O4/c1-2-26-16-9-12(7-8-15(16)23)10-21-22-17(24)11-20-18(25)13-5-3-4-6-14(13)19/h3-10,23H,2,11H2,1H3,(H,20,25)(H,22,24)/b21-10-. The number of carbonyl (C=O) groups is 2. The number of hydrazone groups is 1. The molecule has 0 bridgehead atoms. The largest absolute Gasteiger partial charge is 0.504 e. The maximum absolute atomic E-state index is 11.9. The minimum atomic E-state index is -0.495. The van der Waals surface area contributed by atoms with Crippen molar-refractivity contribution in [1.82, 2.24) is 10.7 Å². The summed E-state index contributed by atoms with van der Waals surface area (Å²) in [6.45, 7) is 1.97. The van der Waals surface area contributed by atoms with Crippen LogP contribution in [-0.4, -0.2) is 36.3 Å². The van der Waals surface area contributed by atoms with Crippen molar-refractivity contribution in [3.8, 4) is 11.5 Å². The maximum Gasteiger partial charge on any atom is 0.259 e. The summed E-state index contributed by atoms with van der Waals surface area (Å²) in [6, 6.07) is 11.2. The number of hydrogen-bond acceptors (Lipinski definition) is 5. The highest BCUT2D eigenvalue weighted by molar-refractivity contribution is 6.33. The smallest absolute Gasteiger partial charge is 0.259 e. The molecule has 0 unspecified atom stereocenters. The fraction of sp³-hybridized carbons (Fsp3) is 0.167. The molecule has 8 heteroatoms. The maximum atomic E-state index is 11.9. The number of carbonyl (C=O) groups excluding carboxylic acids is 2. The van der Waals surface area contributed by atoms with Crippen molar-refractivity contribution in [2.45, 2.75) is 6.92 Å². The van der Waals surface area contributed by atoms with Crippen molar-refractivity contribution < 1.29 is 19.4 Å². The third-order valence-corrected chi connectivity index (χ3v) is 3.54. The highest BCUT2D eigenvalue weighted by Gasteiger charge is 2.10. The van der Waals surface area contributed by atoms with Gasteiger partial charge in [-0.15, -0.1) is 0 Å². The Bertz CT molecular complexity index is 824. The van der Waals surface area contributed by atoms with Crippen molar-refractivity contribution in [1.29, 1.82) is 0 Å². The van der Waals surface area contributed by atoms with Gasteiger partial charge in [0.25, 0.3) is 11.8 Å². The number of nitrogens with zero attached hydrogens (tertiary/aromatic N) is 1. The molecule has 0 fully saturated rings. The monoisotopic (exact) mass is 375 g/mol. The summed E-state index contributed by atoms with van der Waals surface area (Å²) in [7, 11) is 0. The van der Waals surface area contributed by atoms with Crippen LogP contribution in [0.4, 0.5) is 0 Å². The van der Waals surface area contributed by atoms with Gasteiger partial charge in [0, 0.05) is 0 Å². The van der Waals surface area contributed by atoms with Crippen LogP contribution in [0.5, 0.6) is 11.5 Å². The summed E-state index contributed by atoms with van der Waals surface area (Å²) < 4.78 is 5.26. The van der Waals surface area contributed by atoms with Crippen LogP contribution in [0.2, 0.25) is 5.02 Å². The van der Waals surface area contributed by atoms with Gasteiger partial charge >= 0.3 is 0 Å². The lowest BCUT2D eigenvalue weighted by Crippen LogP contribution is -2.35. The van der Waals surface area contributed by atoms with Crippen LogP contribution in [0.3, 0.4) is 0 Å². The van der Waals surface area contributed by atoms with Crippen LogP contribution in [0.1, 0.15) is 22.8 Å². The van der Waals surface area contributed by atoms with Gasteiger partial charge in [-0.1, -0.05) is 23.7 Å². The Morgan fingerprint density at radius 2 is 2.04 bits per heavy atom. The van der Waals surface area contributed by atoms with Gasteiger partial charge in [0.1, 0.15) is 0 Å². The summed E-state index contributed by atoms with van der Waals surface area (Å²) >= 11 is 5.92. The van der Waals surface area contributed by atoms with Gasteiger partial charge in [-0.25, -0.2) is 5.43 Å². The van der Waals surface area contributed by atoms with Gasteiger partial charge in [0.15, 0.2) is 11.5 Å². The van der Waals surface area contributed by atoms with Gasteiger partial charge in [-0.2, -0.15) is 5.10 Å². The lowest BCUT2D eigenvalue weighted by Gasteiger charge is -2.06. The number of benzene rings is 2. The minimum absolute atomic E-state index is 0.0234.